The largest absolute Gasteiger partial charge is 0.427 e. The maximum absolute atomic E-state index is 11.1. The molecule has 0 unspecified atom stereocenters. The van der Waals surface area contributed by atoms with E-state index in [2.05, 4.69) is 13.2 Å². The Bertz CT molecular complexity index is 1020. The Hall–Kier alpha value is -3.92. The second kappa shape index (κ2) is 9.05. The van der Waals surface area contributed by atoms with Gasteiger partial charge in [-0.1, -0.05) is 61.7 Å². The molecule has 3 aromatic carbocycles. The fourth-order valence-electron chi connectivity index (χ4n) is 3.10. The maximum atomic E-state index is 11.1. The molecule has 30 heavy (non-hydrogen) atoms. The number of carbonyl (C=O) groups is 2. The first-order valence-electron chi connectivity index (χ1n) is 9.40. The molecule has 3 aromatic rings. The van der Waals surface area contributed by atoms with Crippen LogP contribution in [0.25, 0.3) is 11.1 Å². The van der Waals surface area contributed by atoms with Crippen molar-refractivity contribution in [1.82, 2.24) is 0 Å². The quantitative estimate of drug-likeness (QED) is 0.397. The van der Waals surface area contributed by atoms with Crippen LogP contribution < -0.4 is 9.47 Å². The third kappa shape index (κ3) is 4.92. The molecular formula is C26H22O4. The highest BCUT2D eigenvalue weighted by molar-refractivity contribution is 5.90. The molecule has 3 rings (SSSR count). The summed E-state index contributed by atoms with van der Waals surface area (Å²) >= 11 is 0. The average molecular weight is 398 g/mol. The predicted molar refractivity (Wildman–Crippen MR) is 118 cm³/mol. The molecule has 0 aliphatic heterocycles. The van der Waals surface area contributed by atoms with Crippen LogP contribution in [0.15, 0.2) is 86.0 Å². The van der Waals surface area contributed by atoms with Crippen LogP contribution in [-0.4, -0.2) is 11.9 Å². The SMILES string of the molecule is C=C(c1ccc(OC(C)=O)cc1)c1ccccc1C(=C)c1ccc(OC(C)=O)cc1. The van der Waals surface area contributed by atoms with Crippen LogP contribution in [0.2, 0.25) is 0 Å². The maximum Gasteiger partial charge on any atom is 0.308 e. The van der Waals surface area contributed by atoms with E-state index in [9.17, 15) is 9.59 Å². The summed E-state index contributed by atoms with van der Waals surface area (Å²) in [7, 11) is 0. The lowest BCUT2D eigenvalue weighted by atomic mass is 9.89. The van der Waals surface area contributed by atoms with Gasteiger partial charge < -0.3 is 9.47 Å². The van der Waals surface area contributed by atoms with Crippen molar-refractivity contribution in [2.75, 3.05) is 0 Å². The highest BCUT2D eigenvalue weighted by Crippen LogP contribution is 2.32. The summed E-state index contributed by atoms with van der Waals surface area (Å²) in [4.78, 5) is 22.2. The monoisotopic (exact) mass is 398 g/mol. The summed E-state index contributed by atoms with van der Waals surface area (Å²) in [6, 6.07) is 22.3. The van der Waals surface area contributed by atoms with Gasteiger partial charge in [-0.2, -0.15) is 0 Å². The fourth-order valence-corrected chi connectivity index (χ4v) is 3.10. The molecule has 150 valence electrons. The molecule has 0 aromatic heterocycles. The van der Waals surface area contributed by atoms with Gasteiger partial charge in [0, 0.05) is 13.8 Å². The van der Waals surface area contributed by atoms with Crippen molar-refractivity contribution >= 4 is 23.1 Å². The van der Waals surface area contributed by atoms with Gasteiger partial charge in [0.25, 0.3) is 0 Å². The van der Waals surface area contributed by atoms with Crippen molar-refractivity contribution in [2.24, 2.45) is 0 Å². The Morgan fingerprint density at radius 2 is 0.933 bits per heavy atom. The van der Waals surface area contributed by atoms with Crippen LogP contribution in [0.3, 0.4) is 0 Å². The molecular weight excluding hydrogens is 376 g/mol. The molecule has 0 saturated carbocycles. The van der Waals surface area contributed by atoms with E-state index in [1.165, 1.54) is 13.8 Å². The van der Waals surface area contributed by atoms with Crippen molar-refractivity contribution in [3.63, 3.8) is 0 Å². The summed E-state index contributed by atoms with van der Waals surface area (Å²) in [5.74, 6) is 0.264. The number of hydrogen-bond acceptors (Lipinski definition) is 4. The number of esters is 2. The first kappa shape index (κ1) is 20.8. The fraction of sp³-hybridized carbons (Fsp3) is 0.0769. The molecule has 0 fully saturated rings. The summed E-state index contributed by atoms with van der Waals surface area (Å²) in [6.45, 7) is 11.3. The minimum absolute atomic E-state index is 0.358. The van der Waals surface area contributed by atoms with E-state index in [1.807, 2.05) is 48.5 Å². The van der Waals surface area contributed by atoms with Gasteiger partial charge in [0.15, 0.2) is 0 Å². The first-order valence-corrected chi connectivity index (χ1v) is 9.40. The van der Waals surface area contributed by atoms with Crippen LogP contribution in [0.4, 0.5) is 0 Å². The number of hydrogen-bond donors (Lipinski definition) is 0. The molecule has 0 bridgehead atoms. The van der Waals surface area contributed by atoms with Crippen LogP contribution >= 0.6 is 0 Å². The Morgan fingerprint density at radius 1 is 0.600 bits per heavy atom. The molecule has 4 heteroatoms. The van der Waals surface area contributed by atoms with Gasteiger partial charge in [-0.15, -0.1) is 0 Å². The lowest BCUT2D eigenvalue weighted by Gasteiger charge is -2.15. The van der Waals surface area contributed by atoms with E-state index in [0.29, 0.717) is 11.5 Å². The minimum atomic E-state index is -0.358. The van der Waals surface area contributed by atoms with Gasteiger partial charge in [0.1, 0.15) is 11.5 Å². The van der Waals surface area contributed by atoms with Crippen molar-refractivity contribution in [1.29, 1.82) is 0 Å². The number of ether oxygens (including phenoxy) is 2. The highest BCUT2D eigenvalue weighted by atomic mass is 16.5. The lowest BCUT2D eigenvalue weighted by molar-refractivity contribution is -0.132. The third-order valence-electron chi connectivity index (χ3n) is 4.51. The molecule has 0 saturated heterocycles. The van der Waals surface area contributed by atoms with Crippen LogP contribution in [0, 0.1) is 0 Å². The van der Waals surface area contributed by atoms with Crippen LogP contribution in [-0.2, 0) is 9.59 Å². The topological polar surface area (TPSA) is 52.6 Å². The van der Waals surface area contributed by atoms with Gasteiger partial charge >= 0.3 is 11.9 Å². The molecule has 0 atom stereocenters. The first-order chi connectivity index (χ1) is 14.3. The molecule has 0 radical (unpaired) electrons. The molecule has 0 aliphatic rings. The van der Waals surface area contributed by atoms with Crippen LogP contribution in [0.5, 0.6) is 11.5 Å². The zero-order chi connectivity index (χ0) is 21.7. The van der Waals surface area contributed by atoms with Gasteiger partial charge in [-0.05, 0) is 57.7 Å². The molecule has 0 aliphatic carbocycles. The van der Waals surface area contributed by atoms with E-state index in [4.69, 9.17) is 9.47 Å². The third-order valence-corrected chi connectivity index (χ3v) is 4.51. The van der Waals surface area contributed by atoms with Gasteiger partial charge in [0.2, 0.25) is 0 Å². The average Bonchev–Trinajstić information content (AvgIpc) is 2.73. The van der Waals surface area contributed by atoms with Gasteiger partial charge in [-0.25, -0.2) is 0 Å². The van der Waals surface area contributed by atoms with E-state index in [0.717, 1.165) is 33.4 Å². The molecule has 0 spiro atoms. The van der Waals surface area contributed by atoms with Crippen LogP contribution in [0.1, 0.15) is 36.1 Å². The Morgan fingerprint density at radius 3 is 1.23 bits per heavy atom. The zero-order valence-electron chi connectivity index (χ0n) is 17.0. The standard InChI is InChI=1S/C26H22O4/c1-17(21-9-13-23(14-10-21)29-19(3)27)25-7-5-6-8-26(25)18(2)22-11-15-24(16-12-22)30-20(4)28/h5-16H,1-2H2,3-4H3. The summed E-state index contributed by atoms with van der Waals surface area (Å²) in [6.07, 6.45) is 0. The van der Waals surface area contributed by atoms with Gasteiger partial charge in [-0.3, -0.25) is 9.59 Å². The lowest BCUT2D eigenvalue weighted by Crippen LogP contribution is -2.01. The number of rotatable bonds is 6. The van der Waals surface area contributed by atoms with Gasteiger partial charge in [0.05, 0.1) is 0 Å². The van der Waals surface area contributed by atoms with E-state index in [-0.39, 0.29) is 11.9 Å². The predicted octanol–water partition coefficient (Wildman–Crippen LogP) is 5.66. The molecule has 0 heterocycles. The summed E-state index contributed by atoms with van der Waals surface area (Å²) in [5, 5.41) is 0. The number of benzene rings is 3. The second-order valence-electron chi connectivity index (χ2n) is 6.74. The normalized spacial score (nSPS) is 10.2. The Labute approximate surface area is 176 Å². The van der Waals surface area contributed by atoms with E-state index >= 15 is 0 Å². The van der Waals surface area contributed by atoms with Crippen molar-refractivity contribution < 1.29 is 19.1 Å². The molecule has 0 amide bonds. The number of carbonyl (C=O) groups excluding carboxylic acids is 2. The van der Waals surface area contributed by atoms with E-state index in [1.54, 1.807) is 24.3 Å². The molecule has 4 nitrogen and oxygen atoms in total. The van der Waals surface area contributed by atoms with Crippen molar-refractivity contribution in [3.8, 4) is 11.5 Å². The minimum Gasteiger partial charge on any atom is -0.427 e. The van der Waals surface area contributed by atoms with Crippen molar-refractivity contribution in [2.45, 2.75) is 13.8 Å². The highest BCUT2D eigenvalue weighted by Gasteiger charge is 2.12. The summed E-state index contributed by atoms with van der Waals surface area (Å²) < 4.78 is 10.2. The Kier molecular flexibility index (Phi) is 6.28. The second-order valence-corrected chi connectivity index (χ2v) is 6.74. The smallest absolute Gasteiger partial charge is 0.308 e. The molecule has 0 N–H and O–H groups in total. The van der Waals surface area contributed by atoms with Crippen molar-refractivity contribution in [3.05, 3.63) is 108 Å². The summed E-state index contributed by atoms with van der Waals surface area (Å²) in [5.41, 5.74) is 5.39. The zero-order valence-corrected chi connectivity index (χ0v) is 17.0. The van der Waals surface area contributed by atoms with E-state index < -0.39 is 0 Å². The Balaban J connectivity index is 1.88.